The molecule has 0 saturated heterocycles. The Bertz CT molecular complexity index is 89.4. The molecule has 0 aromatic heterocycles. The van der Waals surface area contributed by atoms with Gasteiger partial charge in [0.25, 0.3) is 0 Å². The predicted octanol–water partition coefficient (Wildman–Crippen LogP) is 0.486. The third kappa shape index (κ3) is 7.71. The molecule has 0 rings (SSSR count). The van der Waals surface area contributed by atoms with E-state index in [0.29, 0.717) is 0 Å². The first-order valence-corrected chi connectivity index (χ1v) is 2.95. The van der Waals surface area contributed by atoms with E-state index in [1.807, 2.05) is 0 Å². The SMILES string of the molecule is C[C@@H](N)CNCC(F)(F)F. The molecule has 0 aromatic rings. The van der Waals surface area contributed by atoms with Crippen LogP contribution in [-0.4, -0.2) is 25.3 Å². The minimum absolute atomic E-state index is 0.194. The van der Waals surface area contributed by atoms with Crippen LogP contribution in [0.4, 0.5) is 13.2 Å². The normalized spacial score (nSPS) is 15.3. The highest BCUT2D eigenvalue weighted by Gasteiger charge is 2.25. The lowest BCUT2D eigenvalue weighted by Crippen LogP contribution is -2.36. The zero-order chi connectivity index (χ0) is 8.20. The van der Waals surface area contributed by atoms with Gasteiger partial charge in [-0.1, -0.05) is 0 Å². The monoisotopic (exact) mass is 156 g/mol. The second-order valence-electron chi connectivity index (χ2n) is 2.22. The summed E-state index contributed by atoms with van der Waals surface area (Å²) in [7, 11) is 0. The van der Waals surface area contributed by atoms with E-state index in [1.165, 1.54) is 0 Å². The molecule has 0 aliphatic carbocycles. The topological polar surface area (TPSA) is 38.0 Å². The van der Waals surface area contributed by atoms with Gasteiger partial charge in [-0.3, -0.25) is 0 Å². The van der Waals surface area contributed by atoms with Crippen molar-refractivity contribution in [2.75, 3.05) is 13.1 Å². The van der Waals surface area contributed by atoms with Crippen LogP contribution in [0.1, 0.15) is 6.92 Å². The molecule has 0 bridgehead atoms. The Morgan fingerprint density at radius 3 is 2.30 bits per heavy atom. The molecule has 3 N–H and O–H groups in total. The highest BCUT2D eigenvalue weighted by atomic mass is 19.4. The van der Waals surface area contributed by atoms with Gasteiger partial charge < -0.3 is 11.1 Å². The van der Waals surface area contributed by atoms with Gasteiger partial charge in [-0.2, -0.15) is 13.2 Å². The van der Waals surface area contributed by atoms with E-state index in [9.17, 15) is 13.2 Å². The van der Waals surface area contributed by atoms with Crippen LogP contribution < -0.4 is 11.1 Å². The lowest BCUT2D eigenvalue weighted by atomic mass is 10.3. The third-order valence-electron chi connectivity index (χ3n) is 0.792. The summed E-state index contributed by atoms with van der Waals surface area (Å²) in [5.41, 5.74) is 5.19. The van der Waals surface area contributed by atoms with Gasteiger partial charge in [0.1, 0.15) is 0 Å². The maximum Gasteiger partial charge on any atom is 0.401 e. The first-order chi connectivity index (χ1) is 4.42. The Balaban J connectivity index is 3.21. The zero-order valence-electron chi connectivity index (χ0n) is 5.70. The molecule has 0 amide bonds. The maximum absolute atomic E-state index is 11.4. The van der Waals surface area contributed by atoms with Crippen LogP contribution in [0.15, 0.2) is 0 Å². The zero-order valence-corrected chi connectivity index (χ0v) is 5.70. The molecule has 5 heteroatoms. The molecular weight excluding hydrogens is 145 g/mol. The van der Waals surface area contributed by atoms with Gasteiger partial charge in [-0.25, -0.2) is 0 Å². The largest absolute Gasteiger partial charge is 0.401 e. The van der Waals surface area contributed by atoms with Gasteiger partial charge in [0.15, 0.2) is 0 Å². The summed E-state index contributed by atoms with van der Waals surface area (Å²) in [5.74, 6) is 0. The van der Waals surface area contributed by atoms with Crippen LogP contribution in [0.2, 0.25) is 0 Å². The number of alkyl halides is 3. The molecule has 0 aliphatic heterocycles. The van der Waals surface area contributed by atoms with Crippen molar-refractivity contribution in [1.29, 1.82) is 0 Å². The van der Waals surface area contributed by atoms with Gasteiger partial charge in [0, 0.05) is 12.6 Å². The second-order valence-corrected chi connectivity index (χ2v) is 2.22. The summed E-state index contributed by atoms with van der Waals surface area (Å²) >= 11 is 0. The Morgan fingerprint density at radius 1 is 1.50 bits per heavy atom. The van der Waals surface area contributed by atoms with Crippen LogP contribution in [-0.2, 0) is 0 Å². The standard InChI is InChI=1S/C5H11F3N2/c1-4(9)2-10-3-5(6,7)8/h4,10H,2-3,9H2,1H3/t4-/m1/s1. The van der Waals surface area contributed by atoms with Crippen molar-refractivity contribution in [3.63, 3.8) is 0 Å². The third-order valence-corrected chi connectivity index (χ3v) is 0.792. The van der Waals surface area contributed by atoms with Gasteiger partial charge in [-0.05, 0) is 6.92 Å². The van der Waals surface area contributed by atoms with Crippen LogP contribution in [0.5, 0.6) is 0 Å². The average molecular weight is 156 g/mol. The molecule has 2 nitrogen and oxygen atoms in total. The molecule has 0 fully saturated rings. The highest BCUT2D eigenvalue weighted by molar-refractivity contribution is 4.60. The lowest BCUT2D eigenvalue weighted by molar-refractivity contribution is -0.124. The number of rotatable bonds is 3. The van der Waals surface area contributed by atoms with Crippen molar-refractivity contribution >= 4 is 0 Å². The predicted molar refractivity (Wildman–Crippen MR) is 32.6 cm³/mol. The molecule has 0 aromatic carbocycles. The van der Waals surface area contributed by atoms with E-state index < -0.39 is 12.7 Å². The van der Waals surface area contributed by atoms with Crippen LogP contribution in [0.25, 0.3) is 0 Å². The number of nitrogens with two attached hydrogens (primary N) is 1. The quantitative estimate of drug-likeness (QED) is 0.624. The van der Waals surface area contributed by atoms with Crippen molar-refractivity contribution in [2.45, 2.75) is 19.1 Å². The highest BCUT2D eigenvalue weighted by Crippen LogP contribution is 2.11. The van der Waals surface area contributed by atoms with Gasteiger partial charge in [0.05, 0.1) is 6.54 Å². The minimum Gasteiger partial charge on any atom is -0.327 e. The average Bonchev–Trinajstić information content (AvgIpc) is 1.59. The molecule has 62 valence electrons. The van der Waals surface area contributed by atoms with Crippen LogP contribution >= 0.6 is 0 Å². The fourth-order valence-electron chi connectivity index (χ4n) is 0.442. The Hall–Kier alpha value is -0.290. The summed E-state index contributed by atoms with van der Waals surface area (Å²) < 4.78 is 34.2. The second kappa shape index (κ2) is 3.78. The maximum atomic E-state index is 11.4. The molecule has 0 aliphatic rings. The van der Waals surface area contributed by atoms with Crippen molar-refractivity contribution in [1.82, 2.24) is 5.32 Å². The first kappa shape index (κ1) is 9.71. The summed E-state index contributed by atoms with van der Waals surface area (Å²) in [5, 5.41) is 2.17. The van der Waals surface area contributed by atoms with Gasteiger partial charge >= 0.3 is 6.18 Å². The van der Waals surface area contributed by atoms with E-state index in [2.05, 4.69) is 5.32 Å². The Morgan fingerprint density at radius 2 is 2.00 bits per heavy atom. The number of hydrogen-bond acceptors (Lipinski definition) is 2. The molecule has 0 radical (unpaired) electrons. The summed E-state index contributed by atoms with van der Waals surface area (Å²) in [6.45, 7) is 0.872. The van der Waals surface area contributed by atoms with Crippen molar-refractivity contribution in [3.05, 3.63) is 0 Å². The van der Waals surface area contributed by atoms with E-state index in [0.717, 1.165) is 0 Å². The first-order valence-electron chi connectivity index (χ1n) is 2.95. The number of nitrogens with one attached hydrogen (secondary N) is 1. The molecule has 0 spiro atoms. The van der Waals surface area contributed by atoms with Crippen LogP contribution in [0.3, 0.4) is 0 Å². The Labute approximate surface area is 57.6 Å². The summed E-state index contributed by atoms with van der Waals surface area (Å²) in [4.78, 5) is 0. The van der Waals surface area contributed by atoms with E-state index in [1.54, 1.807) is 6.92 Å². The van der Waals surface area contributed by atoms with E-state index >= 15 is 0 Å². The lowest BCUT2D eigenvalue weighted by Gasteiger charge is -2.09. The van der Waals surface area contributed by atoms with Crippen molar-refractivity contribution in [3.8, 4) is 0 Å². The molecule has 0 unspecified atom stereocenters. The van der Waals surface area contributed by atoms with Crippen molar-refractivity contribution < 1.29 is 13.2 Å². The fraction of sp³-hybridized carbons (Fsp3) is 1.00. The van der Waals surface area contributed by atoms with Gasteiger partial charge in [-0.15, -0.1) is 0 Å². The van der Waals surface area contributed by atoms with Gasteiger partial charge in [0.2, 0.25) is 0 Å². The summed E-state index contributed by atoms with van der Waals surface area (Å²) in [6.07, 6.45) is -4.13. The van der Waals surface area contributed by atoms with Crippen LogP contribution in [0, 0.1) is 0 Å². The molecule has 0 saturated carbocycles. The summed E-state index contributed by atoms with van der Waals surface area (Å²) in [6, 6.07) is -0.234. The molecule has 0 heterocycles. The molecule has 1 atom stereocenters. The molecular formula is C5H11F3N2. The fourth-order valence-corrected chi connectivity index (χ4v) is 0.442. The smallest absolute Gasteiger partial charge is 0.327 e. The number of halogens is 3. The minimum atomic E-state index is -4.13. The van der Waals surface area contributed by atoms with Crippen molar-refractivity contribution in [2.24, 2.45) is 5.73 Å². The van der Waals surface area contributed by atoms with E-state index in [4.69, 9.17) is 5.73 Å². The number of hydrogen-bond donors (Lipinski definition) is 2. The van der Waals surface area contributed by atoms with E-state index in [-0.39, 0.29) is 12.6 Å². The Kier molecular flexibility index (Phi) is 3.67. The molecule has 10 heavy (non-hydrogen) atoms.